The molecule has 0 aliphatic carbocycles. The Labute approximate surface area is 98.7 Å². The maximum Gasteiger partial charge on any atom is 0.134 e. The van der Waals surface area contributed by atoms with Gasteiger partial charge in [-0.3, -0.25) is 0 Å². The molecule has 0 atom stereocenters. The molecule has 16 heavy (non-hydrogen) atoms. The molecule has 0 aliphatic heterocycles. The quantitative estimate of drug-likeness (QED) is 0.827. The van der Waals surface area contributed by atoms with E-state index in [9.17, 15) is 0 Å². The summed E-state index contributed by atoms with van der Waals surface area (Å²) < 4.78 is 0. The molecule has 1 aromatic rings. The van der Waals surface area contributed by atoms with Gasteiger partial charge in [-0.05, 0) is 33.6 Å². The lowest BCUT2D eigenvalue weighted by atomic mass is 10.0. The van der Waals surface area contributed by atoms with Crippen molar-refractivity contribution in [2.24, 2.45) is 0 Å². The molecular formula is C13H23N3. The van der Waals surface area contributed by atoms with Crippen LogP contribution in [0.5, 0.6) is 0 Å². The highest BCUT2D eigenvalue weighted by atomic mass is 15.0. The molecule has 3 nitrogen and oxygen atoms in total. The van der Waals surface area contributed by atoms with Gasteiger partial charge in [-0.1, -0.05) is 13.8 Å². The number of rotatable bonds is 5. The molecule has 1 rings (SSSR count). The normalized spacial score (nSPS) is 10.9. The van der Waals surface area contributed by atoms with Crippen LogP contribution in [0.25, 0.3) is 0 Å². The van der Waals surface area contributed by atoms with Gasteiger partial charge in [-0.2, -0.15) is 0 Å². The summed E-state index contributed by atoms with van der Waals surface area (Å²) in [5.41, 5.74) is 2.25. The molecule has 1 N–H and O–H groups in total. The van der Waals surface area contributed by atoms with E-state index in [0.717, 1.165) is 42.3 Å². The average molecular weight is 221 g/mol. The van der Waals surface area contributed by atoms with Crippen molar-refractivity contribution in [2.75, 3.05) is 11.9 Å². The van der Waals surface area contributed by atoms with Crippen molar-refractivity contribution < 1.29 is 0 Å². The number of anilines is 1. The summed E-state index contributed by atoms with van der Waals surface area (Å²) in [6.45, 7) is 11.5. The number of nitrogens with one attached hydrogen (secondary N) is 1. The molecule has 90 valence electrons. The molecule has 0 spiro atoms. The fourth-order valence-corrected chi connectivity index (χ4v) is 1.83. The molecule has 1 heterocycles. The van der Waals surface area contributed by atoms with Crippen LogP contribution in [0, 0.1) is 13.8 Å². The SMILES string of the molecule is CCNc1nc(C(CC)CC)nc(C)c1C. The summed E-state index contributed by atoms with van der Waals surface area (Å²) in [7, 11) is 0. The minimum absolute atomic E-state index is 0.483. The molecule has 1 aromatic heterocycles. The van der Waals surface area contributed by atoms with Gasteiger partial charge >= 0.3 is 0 Å². The van der Waals surface area contributed by atoms with Crippen molar-refractivity contribution in [1.29, 1.82) is 0 Å². The zero-order valence-corrected chi connectivity index (χ0v) is 11.1. The number of aryl methyl sites for hydroxylation is 1. The minimum atomic E-state index is 0.483. The monoisotopic (exact) mass is 221 g/mol. The first-order valence-corrected chi connectivity index (χ1v) is 6.22. The Balaban J connectivity index is 3.12. The van der Waals surface area contributed by atoms with E-state index in [4.69, 9.17) is 0 Å². The summed E-state index contributed by atoms with van der Waals surface area (Å²) in [5, 5.41) is 3.31. The van der Waals surface area contributed by atoms with Gasteiger partial charge in [0.25, 0.3) is 0 Å². The maximum atomic E-state index is 4.64. The van der Waals surface area contributed by atoms with Gasteiger partial charge in [0.15, 0.2) is 0 Å². The van der Waals surface area contributed by atoms with Crippen LogP contribution in [0.15, 0.2) is 0 Å². The van der Waals surface area contributed by atoms with E-state index in [0.29, 0.717) is 5.92 Å². The Morgan fingerprint density at radius 1 is 1.06 bits per heavy atom. The van der Waals surface area contributed by atoms with Crippen LogP contribution in [0.2, 0.25) is 0 Å². The summed E-state index contributed by atoms with van der Waals surface area (Å²) >= 11 is 0. The Morgan fingerprint density at radius 3 is 2.19 bits per heavy atom. The fraction of sp³-hybridized carbons (Fsp3) is 0.692. The second kappa shape index (κ2) is 5.83. The lowest BCUT2D eigenvalue weighted by molar-refractivity contribution is 0.599. The van der Waals surface area contributed by atoms with Crippen LogP contribution >= 0.6 is 0 Å². The molecule has 0 fully saturated rings. The molecule has 0 radical (unpaired) electrons. The first-order chi connectivity index (χ1) is 7.63. The molecule has 0 bridgehead atoms. The van der Waals surface area contributed by atoms with E-state index in [1.54, 1.807) is 0 Å². The third-order valence-corrected chi connectivity index (χ3v) is 3.10. The first kappa shape index (κ1) is 12.9. The molecule has 0 aromatic carbocycles. The van der Waals surface area contributed by atoms with E-state index < -0.39 is 0 Å². The summed E-state index contributed by atoms with van der Waals surface area (Å²) in [4.78, 5) is 9.25. The molecule has 0 saturated carbocycles. The van der Waals surface area contributed by atoms with Crippen molar-refractivity contribution in [3.63, 3.8) is 0 Å². The second-order valence-electron chi connectivity index (χ2n) is 4.18. The highest BCUT2D eigenvalue weighted by Crippen LogP contribution is 2.23. The van der Waals surface area contributed by atoms with Crippen LogP contribution in [-0.2, 0) is 0 Å². The van der Waals surface area contributed by atoms with E-state index in [1.807, 2.05) is 0 Å². The standard InChI is InChI=1S/C13H23N3/c1-6-11(7-2)13-15-10(5)9(4)12(16-13)14-8-3/h11H,6-8H2,1-5H3,(H,14,15,16). The summed E-state index contributed by atoms with van der Waals surface area (Å²) in [5.74, 6) is 2.47. The van der Waals surface area contributed by atoms with Crippen LogP contribution in [0.3, 0.4) is 0 Å². The lowest BCUT2D eigenvalue weighted by Gasteiger charge is -2.15. The van der Waals surface area contributed by atoms with Gasteiger partial charge in [0, 0.05) is 23.7 Å². The predicted molar refractivity (Wildman–Crippen MR) is 69.0 cm³/mol. The molecule has 0 unspecified atom stereocenters. The third kappa shape index (κ3) is 2.71. The number of hydrogen-bond acceptors (Lipinski definition) is 3. The van der Waals surface area contributed by atoms with Gasteiger partial charge < -0.3 is 5.32 Å². The number of aromatic nitrogens is 2. The highest BCUT2D eigenvalue weighted by molar-refractivity contribution is 5.45. The third-order valence-electron chi connectivity index (χ3n) is 3.10. The highest BCUT2D eigenvalue weighted by Gasteiger charge is 2.14. The van der Waals surface area contributed by atoms with E-state index >= 15 is 0 Å². The van der Waals surface area contributed by atoms with Gasteiger partial charge in [-0.25, -0.2) is 9.97 Å². The van der Waals surface area contributed by atoms with Crippen molar-refractivity contribution in [3.8, 4) is 0 Å². The summed E-state index contributed by atoms with van der Waals surface area (Å²) in [6.07, 6.45) is 2.20. The first-order valence-electron chi connectivity index (χ1n) is 6.22. The van der Waals surface area contributed by atoms with Crippen LogP contribution in [0.4, 0.5) is 5.82 Å². The fourth-order valence-electron chi connectivity index (χ4n) is 1.83. The van der Waals surface area contributed by atoms with Crippen LogP contribution in [0.1, 0.15) is 56.6 Å². The van der Waals surface area contributed by atoms with E-state index in [2.05, 4.69) is 49.9 Å². The minimum Gasteiger partial charge on any atom is -0.370 e. The zero-order valence-electron chi connectivity index (χ0n) is 11.1. The zero-order chi connectivity index (χ0) is 12.1. The Kier molecular flexibility index (Phi) is 4.71. The Morgan fingerprint density at radius 2 is 1.69 bits per heavy atom. The number of nitrogens with zero attached hydrogens (tertiary/aromatic N) is 2. The molecule has 3 heteroatoms. The van der Waals surface area contributed by atoms with Crippen molar-refractivity contribution in [1.82, 2.24) is 9.97 Å². The van der Waals surface area contributed by atoms with Crippen molar-refractivity contribution >= 4 is 5.82 Å². The smallest absolute Gasteiger partial charge is 0.134 e. The molecule has 0 saturated heterocycles. The topological polar surface area (TPSA) is 37.8 Å². The largest absolute Gasteiger partial charge is 0.370 e. The summed E-state index contributed by atoms with van der Waals surface area (Å²) in [6, 6.07) is 0. The molecule has 0 aliphatic rings. The van der Waals surface area contributed by atoms with Gasteiger partial charge in [0.05, 0.1) is 0 Å². The van der Waals surface area contributed by atoms with Gasteiger partial charge in [-0.15, -0.1) is 0 Å². The Bertz CT molecular complexity index is 343. The van der Waals surface area contributed by atoms with Crippen molar-refractivity contribution in [3.05, 3.63) is 17.1 Å². The Hall–Kier alpha value is -1.12. The number of hydrogen-bond donors (Lipinski definition) is 1. The van der Waals surface area contributed by atoms with Crippen LogP contribution in [-0.4, -0.2) is 16.5 Å². The second-order valence-corrected chi connectivity index (χ2v) is 4.18. The van der Waals surface area contributed by atoms with Gasteiger partial charge in [0.1, 0.15) is 11.6 Å². The lowest BCUT2D eigenvalue weighted by Crippen LogP contribution is -2.10. The van der Waals surface area contributed by atoms with E-state index in [-0.39, 0.29) is 0 Å². The average Bonchev–Trinajstić information content (AvgIpc) is 2.27. The van der Waals surface area contributed by atoms with Gasteiger partial charge in [0.2, 0.25) is 0 Å². The maximum absolute atomic E-state index is 4.64. The van der Waals surface area contributed by atoms with E-state index in [1.165, 1.54) is 0 Å². The predicted octanol–water partition coefficient (Wildman–Crippen LogP) is 3.43. The van der Waals surface area contributed by atoms with Crippen LogP contribution < -0.4 is 5.32 Å². The molecular weight excluding hydrogens is 198 g/mol. The molecule has 0 amide bonds. The van der Waals surface area contributed by atoms with Crippen molar-refractivity contribution in [2.45, 2.75) is 53.4 Å².